The fourth-order valence-electron chi connectivity index (χ4n) is 1.45. The first-order chi connectivity index (χ1) is 5.47. The van der Waals surface area contributed by atoms with Crippen LogP contribution in [0.25, 0.3) is 0 Å². The maximum atomic E-state index is 5.55. The Hall–Kier alpha value is -0.980. The first-order valence-corrected chi connectivity index (χ1v) is 4.17. The topological polar surface area (TPSA) is 9.23 Å². The molecule has 0 amide bonds. The van der Waals surface area contributed by atoms with Crippen molar-refractivity contribution in [3.05, 3.63) is 29.8 Å². The van der Waals surface area contributed by atoms with E-state index in [1.54, 1.807) is 0 Å². The van der Waals surface area contributed by atoms with Crippen molar-refractivity contribution in [3.63, 3.8) is 0 Å². The van der Waals surface area contributed by atoms with Crippen molar-refractivity contribution in [1.29, 1.82) is 0 Å². The number of hydrogen-bond acceptors (Lipinski definition) is 1. The van der Waals surface area contributed by atoms with Crippen molar-refractivity contribution in [2.75, 3.05) is 6.61 Å². The average molecular weight is 148 g/mol. The zero-order chi connectivity index (χ0) is 7.52. The first-order valence-electron chi connectivity index (χ1n) is 4.17. The Balaban J connectivity index is 2.33. The number of hydrogen-bond donors (Lipinski definition) is 0. The third-order valence-corrected chi connectivity index (χ3v) is 2.07. The minimum absolute atomic E-state index is 0.886. The normalized spacial score (nSPS) is 16.4. The second-order valence-corrected chi connectivity index (χ2v) is 2.91. The van der Waals surface area contributed by atoms with Gasteiger partial charge in [0.2, 0.25) is 0 Å². The maximum absolute atomic E-state index is 5.55. The number of para-hydroxylation sites is 1. The lowest BCUT2D eigenvalue weighted by molar-refractivity contribution is 0.317. The van der Waals surface area contributed by atoms with Crippen LogP contribution in [0.3, 0.4) is 0 Å². The number of aryl methyl sites for hydroxylation is 1. The van der Waals surface area contributed by atoms with Gasteiger partial charge < -0.3 is 4.74 Å². The van der Waals surface area contributed by atoms with Crippen LogP contribution in [0.2, 0.25) is 0 Å². The minimum Gasteiger partial charge on any atom is -0.493 e. The van der Waals surface area contributed by atoms with E-state index in [1.807, 2.05) is 6.07 Å². The Morgan fingerprint density at radius 2 is 2.00 bits per heavy atom. The van der Waals surface area contributed by atoms with E-state index in [0.29, 0.717) is 0 Å². The molecule has 1 aliphatic rings. The van der Waals surface area contributed by atoms with Gasteiger partial charge in [0.15, 0.2) is 0 Å². The summed E-state index contributed by atoms with van der Waals surface area (Å²) in [4.78, 5) is 0. The van der Waals surface area contributed by atoms with Crippen LogP contribution < -0.4 is 4.74 Å². The van der Waals surface area contributed by atoms with Crippen molar-refractivity contribution in [3.8, 4) is 5.75 Å². The molecule has 1 aromatic rings. The summed E-state index contributed by atoms with van der Waals surface area (Å²) in [5.41, 5.74) is 1.37. The molecule has 0 fully saturated rings. The van der Waals surface area contributed by atoms with Crippen LogP contribution in [0, 0.1) is 0 Å². The second-order valence-electron chi connectivity index (χ2n) is 2.91. The van der Waals surface area contributed by atoms with Crippen molar-refractivity contribution >= 4 is 0 Å². The highest BCUT2D eigenvalue weighted by Crippen LogP contribution is 2.22. The van der Waals surface area contributed by atoms with E-state index in [9.17, 15) is 0 Å². The van der Waals surface area contributed by atoms with Gasteiger partial charge in [0, 0.05) is 0 Å². The lowest BCUT2D eigenvalue weighted by Crippen LogP contribution is -1.93. The molecule has 0 bridgehead atoms. The van der Waals surface area contributed by atoms with Crippen LogP contribution in [-0.4, -0.2) is 6.61 Å². The summed E-state index contributed by atoms with van der Waals surface area (Å²) in [5, 5.41) is 0. The van der Waals surface area contributed by atoms with Gasteiger partial charge in [-0.3, -0.25) is 0 Å². The highest BCUT2D eigenvalue weighted by Gasteiger charge is 2.05. The van der Waals surface area contributed by atoms with Gasteiger partial charge in [-0.1, -0.05) is 18.2 Å². The quantitative estimate of drug-likeness (QED) is 0.549. The van der Waals surface area contributed by atoms with Gasteiger partial charge in [-0.15, -0.1) is 0 Å². The largest absolute Gasteiger partial charge is 0.493 e. The van der Waals surface area contributed by atoms with Crippen molar-refractivity contribution < 1.29 is 4.74 Å². The zero-order valence-corrected chi connectivity index (χ0v) is 6.55. The fraction of sp³-hybridized carbons (Fsp3) is 0.400. The van der Waals surface area contributed by atoms with Gasteiger partial charge in [-0.25, -0.2) is 0 Å². The van der Waals surface area contributed by atoms with E-state index < -0.39 is 0 Å². The number of ether oxygens (including phenoxy) is 1. The third kappa shape index (κ3) is 1.37. The summed E-state index contributed by atoms with van der Waals surface area (Å²) >= 11 is 0. The predicted octanol–water partition coefficient (Wildman–Crippen LogP) is 2.40. The molecule has 58 valence electrons. The van der Waals surface area contributed by atoms with Gasteiger partial charge in [-0.2, -0.15) is 0 Å². The van der Waals surface area contributed by atoms with Crippen LogP contribution in [0.4, 0.5) is 0 Å². The molecule has 0 saturated carbocycles. The summed E-state index contributed by atoms with van der Waals surface area (Å²) in [6, 6.07) is 8.32. The first kappa shape index (κ1) is 6.71. The molecule has 1 aromatic carbocycles. The summed E-state index contributed by atoms with van der Waals surface area (Å²) in [5.74, 6) is 1.09. The molecule has 11 heavy (non-hydrogen) atoms. The Morgan fingerprint density at radius 1 is 1.09 bits per heavy atom. The third-order valence-electron chi connectivity index (χ3n) is 2.07. The molecular formula is C10H12O. The lowest BCUT2D eigenvalue weighted by atomic mass is 10.1. The Kier molecular flexibility index (Phi) is 1.80. The van der Waals surface area contributed by atoms with Crippen LogP contribution >= 0.6 is 0 Å². The molecular weight excluding hydrogens is 136 g/mol. The maximum Gasteiger partial charge on any atom is 0.122 e. The van der Waals surface area contributed by atoms with Gasteiger partial charge >= 0.3 is 0 Å². The molecule has 0 atom stereocenters. The van der Waals surface area contributed by atoms with E-state index >= 15 is 0 Å². The van der Waals surface area contributed by atoms with E-state index in [-0.39, 0.29) is 0 Å². The van der Waals surface area contributed by atoms with Gasteiger partial charge in [0.1, 0.15) is 5.75 Å². The molecule has 1 heteroatoms. The van der Waals surface area contributed by atoms with Crippen LogP contribution in [0.1, 0.15) is 18.4 Å². The fourth-order valence-corrected chi connectivity index (χ4v) is 1.45. The standard InChI is InChI=1S/C10H12O/c1-2-7-10-9(5-1)6-3-4-8-11-10/h1-2,5,7H,3-4,6,8H2. The van der Waals surface area contributed by atoms with E-state index in [0.717, 1.165) is 12.4 Å². The van der Waals surface area contributed by atoms with Crippen LogP contribution in [0.5, 0.6) is 5.75 Å². The highest BCUT2D eigenvalue weighted by atomic mass is 16.5. The van der Waals surface area contributed by atoms with Crippen LogP contribution in [0.15, 0.2) is 24.3 Å². The van der Waals surface area contributed by atoms with Crippen molar-refractivity contribution in [2.45, 2.75) is 19.3 Å². The molecule has 0 saturated heterocycles. The SMILES string of the molecule is c1ccc2c(c1)CCCCO2. The van der Waals surface area contributed by atoms with E-state index in [2.05, 4.69) is 18.2 Å². The van der Waals surface area contributed by atoms with Crippen LogP contribution in [-0.2, 0) is 6.42 Å². The lowest BCUT2D eigenvalue weighted by Gasteiger charge is -2.04. The number of fused-ring (bicyclic) bond motifs is 1. The Labute approximate surface area is 67.0 Å². The van der Waals surface area contributed by atoms with Crippen molar-refractivity contribution in [1.82, 2.24) is 0 Å². The number of rotatable bonds is 0. The van der Waals surface area contributed by atoms with Gasteiger partial charge in [-0.05, 0) is 30.9 Å². The predicted molar refractivity (Wildman–Crippen MR) is 44.9 cm³/mol. The molecule has 2 rings (SSSR count). The molecule has 0 spiro atoms. The average Bonchev–Trinajstić information content (AvgIpc) is 2.28. The highest BCUT2D eigenvalue weighted by molar-refractivity contribution is 5.33. The molecule has 0 aromatic heterocycles. The summed E-state index contributed by atoms with van der Waals surface area (Å²) in [7, 11) is 0. The molecule has 0 unspecified atom stereocenters. The summed E-state index contributed by atoms with van der Waals surface area (Å²) < 4.78 is 5.55. The monoisotopic (exact) mass is 148 g/mol. The Morgan fingerprint density at radius 3 is 3.00 bits per heavy atom. The summed E-state index contributed by atoms with van der Waals surface area (Å²) in [6.07, 6.45) is 3.63. The smallest absolute Gasteiger partial charge is 0.122 e. The van der Waals surface area contributed by atoms with Gasteiger partial charge in [0.25, 0.3) is 0 Å². The number of benzene rings is 1. The van der Waals surface area contributed by atoms with Gasteiger partial charge in [0.05, 0.1) is 6.61 Å². The molecule has 0 radical (unpaired) electrons. The zero-order valence-electron chi connectivity index (χ0n) is 6.55. The minimum atomic E-state index is 0.886. The molecule has 1 aliphatic heterocycles. The van der Waals surface area contributed by atoms with Crippen molar-refractivity contribution in [2.24, 2.45) is 0 Å². The molecule has 0 N–H and O–H groups in total. The molecule has 1 nitrogen and oxygen atoms in total. The van der Waals surface area contributed by atoms with E-state index in [1.165, 1.54) is 24.8 Å². The summed E-state index contributed by atoms with van der Waals surface area (Å²) in [6.45, 7) is 0.886. The molecule has 1 heterocycles. The van der Waals surface area contributed by atoms with E-state index in [4.69, 9.17) is 4.74 Å². The molecule has 0 aliphatic carbocycles. The second kappa shape index (κ2) is 2.95. The Bertz CT molecular complexity index is 217.